The molecule has 0 spiro atoms. The zero-order valence-electron chi connectivity index (χ0n) is 7.81. The molecule has 16 heavy (non-hydrogen) atoms. The van der Waals surface area contributed by atoms with Crippen molar-refractivity contribution in [2.45, 2.75) is 0 Å². The standard InChI is InChI=1S/C10H5Cl2NO2S/c11-9-5-8(10(12)16-9)6-1-3-7(4-2-6)13(14)15/h1-5H. The fourth-order valence-corrected chi connectivity index (χ4v) is 2.81. The molecule has 82 valence electrons. The molecule has 3 nitrogen and oxygen atoms in total. The van der Waals surface area contributed by atoms with Crippen LogP contribution in [0.15, 0.2) is 30.3 Å². The number of benzene rings is 1. The average molecular weight is 274 g/mol. The highest BCUT2D eigenvalue weighted by molar-refractivity contribution is 7.20. The lowest BCUT2D eigenvalue weighted by atomic mass is 10.1. The quantitative estimate of drug-likeness (QED) is 0.591. The molecule has 0 amide bonds. The Labute approximate surface area is 105 Å². The maximum Gasteiger partial charge on any atom is 0.269 e. The predicted molar refractivity (Wildman–Crippen MR) is 66.4 cm³/mol. The molecule has 2 aromatic rings. The molecule has 6 heteroatoms. The number of halogens is 2. The first-order valence-corrected chi connectivity index (χ1v) is 5.85. The van der Waals surface area contributed by atoms with Crippen LogP contribution in [-0.2, 0) is 0 Å². The summed E-state index contributed by atoms with van der Waals surface area (Å²) in [6.07, 6.45) is 0. The molecule has 0 saturated heterocycles. The Hall–Kier alpha value is -1.10. The second-order valence-electron chi connectivity index (χ2n) is 3.04. The van der Waals surface area contributed by atoms with Crippen LogP contribution in [0.5, 0.6) is 0 Å². The van der Waals surface area contributed by atoms with Crippen LogP contribution in [-0.4, -0.2) is 4.92 Å². The third-order valence-corrected chi connectivity index (χ3v) is 3.53. The first-order valence-electron chi connectivity index (χ1n) is 4.27. The molecule has 0 aliphatic heterocycles. The summed E-state index contributed by atoms with van der Waals surface area (Å²) in [4.78, 5) is 10.0. The van der Waals surface area contributed by atoms with Crippen LogP contribution in [0.3, 0.4) is 0 Å². The van der Waals surface area contributed by atoms with Gasteiger partial charge in [-0.3, -0.25) is 10.1 Å². The molecular formula is C10H5Cl2NO2S. The molecule has 0 atom stereocenters. The molecule has 1 heterocycles. The van der Waals surface area contributed by atoms with E-state index >= 15 is 0 Å². The van der Waals surface area contributed by atoms with E-state index < -0.39 is 4.92 Å². The summed E-state index contributed by atoms with van der Waals surface area (Å²) in [6, 6.07) is 7.94. The number of hydrogen-bond acceptors (Lipinski definition) is 3. The van der Waals surface area contributed by atoms with Crippen molar-refractivity contribution in [2.75, 3.05) is 0 Å². The van der Waals surface area contributed by atoms with E-state index in [4.69, 9.17) is 23.2 Å². The second kappa shape index (κ2) is 4.41. The van der Waals surface area contributed by atoms with E-state index in [0.29, 0.717) is 8.67 Å². The van der Waals surface area contributed by atoms with E-state index in [1.165, 1.54) is 23.5 Å². The van der Waals surface area contributed by atoms with Gasteiger partial charge in [-0.15, -0.1) is 11.3 Å². The summed E-state index contributed by atoms with van der Waals surface area (Å²) in [7, 11) is 0. The zero-order valence-corrected chi connectivity index (χ0v) is 10.1. The van der Waals surface area contributed by atoms with Crippen molar-refractivity contribution in [3.8, 4) is 11.1 Å². The Morgan fingerprint density at radius 1 is 1.19 bits per heavy atom. The van der Waals surface area contributed by atoms with Gasteiger partial charge in [0.25, 0.3) is 5.69 Å². The van der Waals surface area contributed by atoms with Gasteiger partial charge in [-0.2, -0.15) is 0 Å². The van der Waals surface area contributed by atoms with Crippen LogP contribution < -0.4 is 0 Å². The maximum atomic E-state index is 10.5. The smallest absolute Gasteiger partial charge is 0.258 e. The molecule has 0 radical (unpaired) electrons. The topological polar surface area (TPSA) is 43.1 Å². The van der Waals surface area contributed by atoms with Crippen molar-refractivity contribution in [2.24, 2.45) is 0 Å². The molecule has 0 aliphatic rings. The average Bonchev–Trinajstić information content (AvgIpc) is 2.58. The highest BCUT2D eigenvalue weighted by Gasteiger charge is 2.10. The SMILES string of the molecule is O=[N+]([O-])c1ccc(-c2cc(Cl)sc2Cl)cc1. The summed E-state index contributed by atoms with van der Waals surface area (Å²) < 4.78 is 1.18. The van der Waals surface area contributed by atoms with E-state index in [0.717, 1.165) is 11.1 Å². The van der Waals surface area contributed by atoms with Crippen LogP contribution in [0.25, 0.3) is 11.1 Å². The van der Waals surface area contributed by atoms with E-state index in [9.17, 15) is 10.1 Å². The second-order valence-corrected chi connectivity index (χ2v) is 5.33. The molecule has 1 aromatic heterocycles. The minimum absolute atomic E-state index is 0.0567. The van der Waals surface area contributed by atoms with Crippen molar-refractivity contribution < 1.29 is 4.92 Å². The number of hydrogen-bond donors (Lipinski definition) is 0. The Bertz CT molecular complexity index is 536. The summed E-state index contributed by atoms with van der Waals surface area (Å²) >= 11 is 13.1. The maximum absolute atomic E-state index is 10.5. The number of rotatable bonds is 2. The number of non-ortho nitro benzene ring substituents is 1. The number of nitrogens with zero attached hydrogens (tertiary/aromatic N) is 1. The molecule has 0 aliphatic carbocycles. The van der Waals surface area contributed by atoms with Crippen LogP contribution in [0, 0.1) is 10.1 Å². The van der Waals surface area contributed by atoms with Crippen LogP contribution in [0.2, 0.25) is 8.67 Å². The number of nitro benzene ring substituents is 1. The zero-order chi connectivity index (χ0) is 11.7. The third kappa shape index (κ3) is 2.19. The molecule has 1 aromatic carbocycles. The van der Waals surface area contributed by atoms with Crippen molar-refractivity contribution in [3.63, 3.8) is 0 Å². The summed E-state index contributed by atoms with van der Waals surface area (Å²) in [5, 5.41) is 10.5. The Kier molecular flexibility index (Phi) is 3.14. The lowest BCUT2D eigenvalue weighted by molar-refractivity contribution is -0.384. The first-order chi connectivity index (χ1) is 7.58. The first kappa shape index (κ1) is 11.4. The van der Waals surface area contributed by atoms with E-state index in [1.54, 1.807) is 18.2 Å². The van der Waals surface area contributed by atoms with E-state index in [-0.39, 0.29) is 5.69 Å². The van der Waals surface area contributed by atoms with Crippen molar-refractivity contribution in [1.29, 1.82) is 0 Å². The minimum Gasteiger partial charge on any atom is -0.258 e. The number of nitro groups is 1. The minimum atomic E-state index is -0.439. The van der Waals surface area contributed by atoms with Crippen LogP contribution >= 0.6 is 34.5 Å². The fourth-order valence-electron chi connectivity index (χ4n) is 1.30. The van der Waals surface area contributed by atoms with Gasteiger partial charge >= 0.3 is 0 Å². The molecule has 0 fully saturated rings. The summed E-state index contributed by atoms with van der Waals surface area (Å²) in [5.74, 6) is 0. The largest absolute Gasteiger partial charge is 0.269 e. The monoisotopic (exact) mass is 273 g/mol. The summed E-state index contributed by atoms with van der Waals surface area (Å²) in [5.41, 5.74) is 1.67. The number of thiophene rings is 1. The lowest BCUT2D eigenvalue weighted by Crippen LogP contribution is -1.86. The van der Waals surface area contributed by atoms with Crippen molar-refractivity contribution >= 4 is 40.2 Å². The van der Waals surface area contributed by atoms with E-state index in [2.05, 4.69) is 0 Å². The van der Waals surface area contributed by atoms with Gasteiger partial charge in [0.1, 0.15) is 4.34 Å². The molecule has 0 N–H and O–H groups in total. The van der Waals surface area contributed by atoms with Crippen molar-refractivity contribution in [3.05, 3.63) is 49.1 Å². The predicted octanol–water partition coefficient (Wildman–Crippen LogP) is 4.63. The van der Waals surface area contributed by atoms with Gasteiger partial charge in [-0.1, -0.05) is 23.2 Å². The van der Waals surface area contributed by atoms with Gasteiger partial charge in [-0.05, 0) is 23.8 Å². The molecular weight excluding hydrogens is 269 g/mol. The lowest BCUT2D eigenvalue weighted by Gasteiger charge is -1.98. The van der Waals surface area contributed by atoms with Gasteiger partial charge < -0.3 is 0 Å². The summed E-state index contributed by atoms with van der Waals surface area (Å²) in [6.45, 7) is 0. The Balaban J connectivity index is 2.42. The van der Waals surface area contributed by atoms with Gasteiger partial charge in [-0.25, -0.2) is 0 Å². The fraction of sp³-hybridized carbons (Fsp3) is 0. The Morgan fingerprint density at radius 2 is 1.81 bits per heavy atom. The molecule has 0 saturated carbocycles. The Morgan fingerprint density at radius 3 is 2.25 bits per heavy atom. The highest BCUT2D eigenvalue weighted by Crippen LogP contribution is 2.38. The van der Waals surface area contributed by atoms with Gasteiger partial charge in [0.05, 0.1) is 9.26 Å². The van der Waals surface area contributed by atoms with Crippen LogP contribution in [0.4, 0.5) is 5.69 Å². The van der Waals surface area contributed by atoms with Gasteiger partial charge in [0, 0.05) is 17.7 Å². The van der Waals surface area contributed by atoms with Gasteiger partial charge in [0.2, 0.25) is 0 Å². The molecule has 0 bridgehead atoms. The molecule has 2 rings (SSSR count). The highest BCUT2D eigenvalue weighted by atomic mass is 35.5. The third-order valence-electron chi connectivity index (χ3n) is 2.05. The van der Waals surface area contributed by atoms with Crippen LogP contribution in [0.1, 0.15) is 0 Å². The van der Waals surface area contributed by atoms with Gasteiger partial charge in [0.15, 0.2) is 0 Å². The van der Waals surface area contributed by atoms with Crippen molar-refractivity contribution in [1.82, 2.24) is 0 Å². The van der Waals surface area contributed by atoms with E-state index in [1.807, 2.05) is 0 Å². The normalized spacial score (nSPS) is 10.4. The molecule has 0 unspecified atom stereocenters.